The predicted octanol–water partition coefficient (Wildman–Crippen LogP) is -0.712. The molecular weight excluding hydrogens is 216 g/mol. The molecule has 1 amide bonds. The van der Waals surface area contributed by atoms with E-state index in [9.17, 15) is 13.2 Å². The van der Waals surface area contributed by atoms with Crippen molar-refractivity contribution in [1.82, 2.24) is 10.6 Å². The molecule has 0 spiro atoms. The van der Waals surface area contributed by atoms with Gasteiger partial charge in [0.1, 0.15) is 9.84 Å². The Bertz CT molecular complexity index is 322. The van der Waals surface area contributed by atoms with Gasteiger partial charge in [-0.1, -0.05) is 0 Å². The summed E-state index contributed by atoms with van der Waals surface area (Å²) in [5, 5.41) is 5.73. The zero-order chi connectivity index (χ0) is 11.5. The van der Waals surface area contributed by atoms with E-state index in [1.807, 2.05) is 0 Å². The van der Waals surface area contributed by atoms with Crippen LogP contribution in [0.2, 0.25) is 0 Å². The molecule has 88 valence electrons. The zero-order valence-electron chi connectivity index (χ0n) is 9.12. The molecule has 0 bridgehead atoms. The molecule has 0 aromatic rings. The molecular formula is C9H18N2O3S. The Morgan fingerprint density at radius 1 is 1.47 bits per heavy atom. The topological polar surface area (TPSA) is 75.3 Å². The van der Waals surface area contributed by atoms with Gasteiger partial charge in [-0.2, -0.15) is 0 Å². The van der Waals surface area contributed by atoms with E-state index in [1.54, 1.807) is 6.92 Å². The number of carbonyl (C=O) groups excluding carboxylic acids is 1. The van der Waals surface area contributed by atoms with Gasteiger partial charge in [-0.25, -0.2) is 8.42 Å². The Morgan fingerprint density at radius 3 is 2.53 bits per heavy atom. The van der Waals surface area contributed by atoms with Crippen molar-refractivity contribution in [2.45, 2.75) is 31.8 Å². The molecule has 1 aliphatic rings. The molecule has 6 heteroatoms. The van der Waals surface area contributed by atoms with Gasteiger partial charge < -0.3 is 10.6 Å². The lowest BCUT2D eigenvalue weighted by molar-refractivity contribution is -0.122. The third kappa shape index (κ3) is 5.74. The molecule has 0 saturated heterocycles. The molecule has 15 heavy (non-hydrogen) atoms. The summed E-state index contributed by atoms with van der Waals surface area (Å²) in [6, 6.07) is 0.0176. The molecule has 0 radical (unpaired) electrons. The number of carbonyl (C=O) groups is 1. The minimum Gasteiger partial charge on any atom is -0.352 e. The fraction of sp³-hybridized carbons (Fsp3) is 0.889. The van der Waals surface area contributed by atoms with Crippen molar-refractivity contribution in [2.75, 3.05) is 18.6 Å². The SMILES string of the molecule is CC(NCCS(C)(=O)=O)C(=O)NC1CC1. The van der Waals surface area contributed by atoms with Gasteiger partial charge in [-0.15, -0.1) is 0 Å². The van der Waals surface area contributed by atoms with Gasteiger partial charge in [0.2, 0.25) is 5.91 Å². The highest BCUT2D eigenvalue weighted by Crippen LogP contribution is 2.18. The van der Waals surface area contributed by atoms with E-state index in [1.165, 1.54) is 6.26 Å². The van der Waals surface area contributed by atoms with Crippen LogP contribution in [0.15, 0.2) is 0 Å². The molecule has 0 aromatic heterocycles. The van der Waals surface area contributed by atoms with Gasteiger partial charge in [-0.3, -0.25) is 4.79 Å². The maximum absolute atomic E-state index is 11.4. The summed E-state index contributed by atoms with van der Waals surface area (Å²) in [5.41, 5.74) is 0. The molecule has 1 saturated carbocycles. The Morgan fingerprint density at radius 2 is 2.07 bits per heavy atom. The molecule has 5 nitrogen and oxygen atoms in total. The second kappa shape index (κ2) is 4.94. The summed E-state index contributed by atoms with van der Waals surface area (Å²) >= 11 is 0. The third-order valence-corrected chi connectivity index (χ3v) is 3.19. The van der Waals surface area contributed by atoms with E-state index in [-0.39, 0.29) is 17.7 Å². The summed E-state index contributed by atoms with van der Waals surface area (Å²) in [5.74, 6) is 0.0135. The zero-order valence-corrected chi connectivity index (χ0v) is 9.93. The van der Waals surface area contributed by atoms with Crippen molar-refractivity contribution >= 4 is 15.7 Å². The van der Waals surface area contributed by atoms with Gasteiger partial charge >= 0.3 is 0 Å². The Kier molecular flexibility index (Phi) is 4.10. The Labute approximate surface area is 90.5 Å². The van der Waals surface area contributed by atoms with Gasteiger partial charge in [-0.05, 0) is 19.8 Å². The van der Waals surface area contributed by atoms with Gasteiger partial charge in [0.25, 0.3) is 0 Å². The predicted molar refractivity (Wildman–Crippen MR) is 58.3 cm³/mol. The maximum Gasteiger partial charge on any atom is 0.237 e. The molecule has 0 aromatic carbocycles. The number of hydrogen-bond donors (Lipinski definition) is 2. The van der Waals surface area contributed by atoms with Crippen molar-refractivity contribution in [3.63, 3.8) is 0 Å². The Balaban J connectivity index is 2.16. The van der Waals surface area contributed by atoms with E-state index in [0.29, 0.717) is 12.6 Å². The van der Waals surface area contributed by atoms with Crippen LogP contribution in [-0.4, -0.2) is 45.0 Å². The smallest absolute Gasteiger partial charge is 0.237 e. The van der Waals surface area contributed by atoms with E-state index in [2.05, 4.69) is 10.6 Å². The molecule has 1 atom stereocenters. The van der Waals surface area contributed by atoms with Crippen molar-refractivity contribution in [3.8, 4) is 0 Å². The van der Waals surface area contributed by atoms with Crippen molar-refractivity contribution in [1.29, 1.82) is 0 Å². The van der Waals surface area contributed by atoms with Crippen LogP contribution in [0, 0.1) is 0 Å². The standard InChI is InChI=1S/C9H18N2O3S/c1-7(9(12)11-8-3-4-8)10-5-6-15(2,13)14/h7-8,10H,3-6H2,1-2H3,(H,11,12). The molecule has 1 rings (SSSR count). The lowest BCUT2D eigenvalue weighted by Gasteiger charge is -2.13. The monoisotopic (exact) mass is 234 g/mol. The van der Waals surface area contributed by atoms with Crippen LogP contribution in [0.1, 0.15) is 19.8 Å². The van der Waals surface area contributed by atoms with Crippen LogP contribution >= 0.6 is 0 Å². The summed E-state index contributed by atoms with van der Waals surface area (Å²) in [4.78, 5) is 11.4. The Hall–Kier alpha value is -0.620. The molecule has 0 aliphatic heterocycles. The first-order chi connectivity index (χ1) is 6.88. The highest BCUT2D eigenvalue weighted by atomic mass is 32.2. The fourth-order valence-electron chi connectivity index (χ4n) is 1.11. The first-order valence-electron chi connectivity index (χ1n) is 5.10. The first kappa shape index (κ1) is 12.4. The average Bonchev–Trinajstić information content (AvgIpc) is 2.85. The van der Waals surface area contributed by atoms with Gasteiger partial charge in [0, 0.05) is 18.8 Å². The molecule has 1 unspecified atom stereocenters. The fourth-order valence-corrected chi connectivity index (χ4v) is 1.60. The van der Waals surface area contributed by atoms with E-state index in [4.69, 9.17) is 0 Å². The van der Waals surface area contributed by atoms with Crippen molar-refractivity contribution in [3.05, 3.63) is 0 Å². The van der Waals surface area contributed by atoms with Crippen molar-refractivity contribution < 1.29 is 13.2 Å². The summed E-state index contributed by atoms with van der Waals surface area (Å²) in [6.45, 7) is 2.05. The van der Waals surface area contributed by atoms with Crippen LogP contribution in [0.5, 0.6) is 0 Å². The van der Waals surface area contributed by atoms with Crippen LogP contribution < -0.4 is 10.6 Å². The van der Waals surface area contributed by atoms with Crippen LogP contribution in [0.3, 0.4) is 0 Å². The summed E-state index contributed by atoms with van der Waals surface area (Å²) in [6.07, 6.45) is 3.30. The van der Waals surface area contributed by atoms with E-state index in [0.717, 1.165) is 12.8 Å². The number of amides is 1. The highest BCUT2D eigenvalue weighted by Gasteiger charge is 2.25. The molecule has 0 heterocycles. The second-order valence-corrected chi connectivity index (χ2v) is 6.35. The highest BCUT2D eigenvalue weighted by molar-refractivity contribution is 7.90. The third-order valence-electron chi connectivity index (χ3n) is 2.24. The lowest BCUT2D eigenvalue weighted by Crippen LogP contribution is -2.44. The van der Waals surface area contributed by atoms with Gasteiger partial charge in [0.15, 0.2) is 0 Å². The van der Waals surface area contributed by atoms with Gasteiger partial charge in [0.05, 0.1) is 11.8 Å². The minimum absolute atomic E-state index is 0.0500. The summed E-state index contributed by atoms with van der Waals surface area (Å²) in [7, 11) is -2.95. The second-order valence-electron chi connectivity index (χ2n) is 4.09. The first-order valence-corrected chi connectivity index (χ1v) is 7.16. The van der Waals surface area contributed by atoms with Crippen LogP contribution in [0.25, 0.3) is 0 Å². The lowest BCUT2D eigenvalue weighted by atomic mass is 10.3. The number of nitrogens with one attached hydrogen (secondary N) is 2. The van der Waals surface area contributed by atoms with Crippen LogP contribution in [0.4, 0.5) is 0 Å². The summed E-state index contributed by atoms with van der Waals surface area (Å²) < 4.78 is 21.7. The number of hydrogen-bond acceptors (Lipinski definition) is 4. The molecule has 1 fully saturated rings. The molecule has 1 aliphatic carbocycles. The molecule has 2 N–H and O–H groups in total. The van der Waals surface area contributed by atoms with Crippen molar-refractivity contribution in [2.24, 2.45) is 0 Å². The minimum atomic E-state index is -2.95. The van der Waals surface area contributed by atoms with Crippen LogP contribution in [-0.2, 0) is 14.6 Å². The maximum atomic E-state index is 11.4. The average molecular weight is 234 g/mol. The largest absolute Gasteiger partial charge is 0.352 e. The number of rotatable bonds is 6. The normalized spacial score (nSPS) is 18.5. The van der Waals surface area contributed by atoms with E-state index < -0.39 is 9.84 Å². The quantitative estimate of drug-likeness (QED) is 0.636. The van der Waals surface area contributed by atoms with E-state index >= 15 is 0 Å². The number of sulfone groups is 1.